The Morgan fingerprint density at radius 2 is 2.12 bits per heavy atom. The average Bonchev–Trinajstić information content (AvgIpc) is 3.22. The van der Waals surface area contributed by atoms with E-state index in [2.05, 4.69) is 39.9 Å². The zero-order chi connectivity index (χ0) is 16.4. The van der Waals surface area contributed by atoms with Crippen LogP contribution < -0.4 is 5.32 Å². The van der Waals surface area contributed by atoms with Gasteiger partial charge in [-0.15, -0.1) is 11.3 Å². The van der Waals surface area contributed by atoms with E-state index in [9.17, 15) is 4.79 Å². The number of benzene rings is 1. The molecule has 5 heteroatoms. The molecule has 1 N–H and O–H groups in total. The van der Waals surface area contributed by atoms with E-state index in [0.29, 0.717) is 13.1 Å². The van der Waals surface area contributed by atoms with Crippen LogP contribution in [0.5, 0.6) is 0 Å². The standard InChI is InChI=1S/C19H21N3OS/c23-19(14-22-10-5-15-3-1-2-4-17(15)22)20-8-11-21-9-6-18-16(13-21)7-12-24-18/h1-5,7,10,12H,6,8-9,11,13-14H2,(H,20,23). The third-order valence-electron chi connectivity index (χ3n) is 4.63. The second kappa shape index (κ2) is 6.79. The Balaban J connectivity index is 1.27. The summed E-state index contributed by atoms with van der Waals surface area (Å²) in [5, 5.41) is 6.40. The molecule has 1 aromatic carbocycles. The SMILES string of the molecule is O=C(Cn1ccc2ccccc21)NCCN1CCc2sccc2C1. The van der Waals surface area contributed by atoms with Crippen molar-refractivity contribution in [3.63, 3.8) is 0 Å². The molecule has 24 heavy (non-hydrogen) atoms. The number of hydrogen-bond donors (Lipinski definition) is 1. The molecule has 0 spiro atoms. The minimum atomic E-state index is 0.0737. The Morgan fingerprint density at radius 1 is 1.21 bits per heavy atom. The van der Waals surface area contributed by atoms with Gasteiger partial charge in [0.15, 0.2) is 0 Å². The molecule has 0 saturated carbocycles. The number of thiophene rings is 1. The van der Waals surface area contributed by atoms with Gasteiger partial charge in [0.05, 0.1) is 0 Å². The van der Waals surface area contributed by atoms with Crippen LogP contribution in [0, 0.1) is 0 Å². The highest BCUT2D eigenvalue weighted by Gasteiger charge is 2.16. The number of carbonyl (C=O) groups is 1. The first-order chi connectivity index (χ1) is 11.8. The van der Waals surface area contributed by atoms with Crippen LogP contribution in [0.2, 0.25) is 0 Å². The van der Waals surface area contributed by atoms with Gasteiger partial charge in [-0.25, -0.2) is 0 Å². The maximum Gasteiger partial charge on any atom is 0.239 e. The van der Waals surface area contributed by atoms with Gasteiger partial charge in [0.2, 0.25) is 5.91 Å². The van der Waals surface area contributed by atoms with E-state index in [-0.39, 0.29) is 5.91 Å². The molecule has 0 fully saturated rings. The Kier molecular flexibility index (Phi) is 4.36. The molecule has 4 nitrogen and oxygen atoms in total. The number of rotatable bonds is 5. The van der Waals surface area contributed by atoms with Crippen LogP contribution in [-0.2, 0) is 24.3 Å². The molecule has 0 aliphatic carbocycles. The van der Waals surface area contributed by atoms with Gasteiger partial charge in [-0.3, -0.25) is 9.69 Å². The molecule has 0 radical (unpaired) electrons. The summed E-state index contributed by atoms with van der Waals surface area (Å²) in [6, 6.07) is 12.4. The van der Waals surface area contributed by atoms with Crippen LogP contribution in [0.1, 0.15) is 10.4 Å². The summed E-state index contributed by atoms with van der Waals surface area (Å²) >= 11 is 1.86. The molecule has 1 aliphatic rings. The van der Waals surface area contributed by atoms with Crippen LogP contribution in [-0.4, -0.2) is 35.0 Å². The quantitative estimate of drug-likeness (QED) is 0.776. The molecule has 0 saturated heterocycles. The molecular weight excluding hydrogens is 318 g/mol. The van der Waals surface area contributed by atoms with Gasteiger partial charge < -0.3 is 9.88 Å². The van der Waals surface area contributed by atoms with Crippen molar-refractivity contribution in [2.75, 3.05) is 19.6 Å². The fourth-order valence-corrected chi connectivity index (χ4v) is 4.23. The summed E-state index contributed by atoms with van der Waals surface area (Å²) in [6.45, 7) is 4.09. The Morgan fingerprint density at radius 3 is 3.08 bits per heavy atom. The van der Waals surface area contributed by atoms with E-state index >= 15 is 0 Å². The van der Waals surface area contributed by atoms with Crippen LogP contribution in [0.25, 0.3) is 10.9 Å². The number of amides is 1. The molecule has 1 aliphatic heterocycles. The van der Waals surface area contributed by atoms with Gasteiger partial charge in [-0.2, -0.15) is 0 Å². The highest BCUT2D eigenvalue weighted by Crippen LogP contribution is 2.23. The minimum Gasteiger partial charge on any atom is -0.353 e. The summed E-state index contributed by atoms with van der Waals surface area (Å²) in [6.07, 6.45) is 3.11. The van der Waals surface area contributed by atoms with E-state index in [0.717, 1.165) is 31.6 Å². The first-order valence-electron chi connectivity index (χ1n) is 8.38. The van der Waals surface area contributed by atoms with Crippen LogP contribution in [0.15, 0.2) is 48.0 Å². The lowest BCUT2D eigenvalue weighted by Crippen LogP contribution is -2.38. The van der Waals surface area contributed by atoms with Crippen LogP contribution in [0.3, 0.4) is 0 Å². The van der Waals surface area contributed by atoms with Gasteiger partial charge >= 0.3 is 0 Å². The third kappa shape index (κ3) is 3.23. The average molecular weight is 339 g/mol. The number of fused-ring (bicyclic) bond motifs is 2. The molecule has 0 unspecified atom stereocenters. The Hall–Kier alpha value is -2.11. The zero-order valence-corrected chi connectivity index (χ0v) is 14.4. The molecule has 3 heterocycles. The summed E-state index contributed by atoms with van der Waals surface area (Å²) in [5.41, 5.74) is 2.56. The third-order valence-corrected chi connectivity index (χ3v) is 5.65. The molecular formula is C19H21N3OS. The first-order valence-corrected chi connectivity index (χ1v) is 9.26. The molecule has 0 bridgehead atoms. The van der Waals surface area contributed by atoms with Crippen LogP contribution in [0.4, 0.5) is 0 Å². The number of hydrogen-bond acceptors (Lipinski definition) is 3. The van der Waals surface area contributed by atoms with Gasteiger partial charge in [0.1, 0.15) is 6.54 Å². The topological polar surface area (TPSA) is 37.3 Å². The maximum absolute atomic E-state index is 12.2. The molecule has 4 rings (SSSR count). The van der Waals surface area contributed by atoms with E-state index in [1.165, 1.54) is 15.8 Å². The van der Waals surface area contributed by atoms with E-state index in [1.807, 2.05) is 34.2 Å². The molecule has 1 amide bonds. The molecule has 124 valence electrons. The maximum atomic E-state index is 12.2. The number of carbonyl (C=O) groups excluding carboxylic acids is 1. The number of nitrogens with zero attached hydrogens (tertiary/aromatic N) is 2. The van der Waals surface area contributed by atoms with Crippen LogP contribution >= 0.6 is 11.3 Å². The summed E-state index contributed by atoms with van der Waals surface area (Å²) in [4.78, 5) is 16.1. The van der Waals surface area contributed by atoms with E-state index < -0.39 is 0 Å². The highest BCUT2D eigenvalue weighted by molar-refractivity contribution is 7.10. The fraction of sp³-hybridized carbons (Fsp3) is 0.316. The largest absolute Gasteiger partial charge is 0.353 e. The van der Waals surface area contributed by atoms with Gasteiger partial charge in [0, 0.05) is 42.8 Å². The fourth-order valence-electron chi connectivity index (χ4n) is 3.34. The molecule has 2 aromatic heterocycles. The lowest BCUT2D eigenvalue weighted by atomic mass is 10.1. The van der Waals surface area contributed by atoms with Gasteiger partial charge in [0.25, 0.3) is 0 Å². The van der Waals surface area contributed by atoms with Crippen molar-refractivity contribution < 1.29 is 4.79 Å². The van der Waals surface area contributed by atoms with Crippen molar-refractivity contribution in [1.29, 1.82) is 0 Å². The lowest BCUT2D eigenvalue weighted by Gasteiger charge is -2.26. The predicted octanol–water partition coefficient (Wildman–Crippen LogP) is 2.88. The molecule has 0 atom stereocenters. The van der Waals surface area contributed by atoms with Crippen molar-refractivity contribution >= 4 is 28.1 Å². The zero-order valence-electron chi connectivity index (χ0n) is 13.6. The smallest absolute Gasteiger partial charge is 0.239 e. The lowest BCUT2D eigenvalue weighted by molar-refractivity contribution is -0.121. The number of nitrogens with one attached hydrogen (secondary N) is 1. The molecule has 3 aromatic rings. The Labute approximate surface area is 145 Å². The van der Waals surface area contributed by atoms with Crippen molar-refractivity contribution in [2.24, 2.45) is 0 Å². The van der Waals surface area contributed by atoms with Crippen molar-refractivity contribution in [1.82, 2.24) is 14.8 Å². The van der Waals surface area contributed by atoms with E-state index in [4.69, 9.17) is 0 Å². The van der Waals surface area contributed by atoms with Crippen molar-refractivity contribution in [3.8, 4) is 0 Å². The van der Waals surface area contributed by atoms with Crippen molar-refractivity contribution in [3.05, 3.63) is 58.4 Å². The number of aromatic nitrogens is 1. The Bertz CT molecular complexity index is 851. The number of para-hydroxylation sites is 1. The van der Waals surface area contributed by atoms with E-state index in [1.54, 1.807) is 0 Å². The van der Waals surface area contributed by atoms with Gasteiger partial charge in [-0.1, -0.05) is 18.2 Å². The normalized spacial score (nSPS) is 14.7. The minimum absolute atomic E-state index is 0.0737. The first kappa shape index (κ1) is 15.4. The summed E-state index contributed by atoms with van der Waals surface area (Å²) in [7, 11) is 0. The predicted molar refractivity (Wildman–Crippen MR) is 98.2 cm³/mol. The summed E-state index contributed by atoms with van der Waals surface area (Å²) < 4.78 is 2.00. The van der Waals surface area contributed by atoms with Gasteiger partial charge in [-0.05, 0) is 40.9 Å². The second-order valence-electron chi connectivity index (χ2n) is 6.25. The van der Waals surface area contributed by atoms with Crippen molar-refractivity contribution in [2.45, 2.75) is 19.5 Å². The monoisotopic (exact) mass is 339 g/mol. The summed E-state index contributed by atoms with van der Waals surface area (Å²) in [5.74, 6) is 0.0737. The second-order valence-corrected chi connectivity index (χ2v) is 7.25. The highest BCUT2D eigenvalue weighted by atomic mass is 32.1.